The van der Waals surface area contributed by atoms with Crippen LogP contribution in [0.5, 0.6) is 5.75 Å². The maximum atomic E-state index is 12.0. The normalized spacial score (nSPS) is 12.5. The standard InChI is InChI=1S/C19H29N3O3.ClH/c1-18(2,3)17(24)22-14-7-8-16(13(9-14)10-20)25-12-15(23)11-21-19(4,5)6;/h7-9,15,21,23H,11-12H2,1-6H3,(H,22,24);1H. The van der Waals surface area contributed by atoms with Crippen LogP contribution in [0.25, 0.3) is 0 Å². The molecule has 6 nitrogen and oxygen atoms in total. The van der Waals surface area contributed by atoms with Crippen LogP contribution in [0.2, 0.25) is 0 Å². The summed E-state index contributed by atoms with van der Waals surface area (Å²) in [6.07, 6.45) is -0.689. The zero-order valence-corrected chi connectivity index (χ0v) is 17.2. The second-order valence-electron chi connectivity index (χ2n) is 8.12. The number of rotatable bonds is 6. The number of β-amino-alcohol motifs (C(OH)–C–C–N with tert-alkyl or cyclic N) is 1. The topological polar surface area (TPSA) is 94.4 Å². The van der Waals surface area contributed by atoms with E-state index in [2.05, 4.69) is 16.7 Å². The number of hydrogen-bond acceptors (Lipinski definition) is 5. The lowest BCUT2D eigenvalue weighted by Gasteiger charge is -2.23. The quantitative estimate of drug-likeness (QED) is 0.701. The molecule has 1 atom stereocenters. The first-order valence-corrected chi connectivity index (χ1v) is 8.34. The number of aliphatic hydroxyl groups is 1. The van der Waals surface area contributed by atoms with Crippen molar-refractivity contribution in [1.29, 1.82) is 5.26 Å². The lowest BCUT2D eigenvalue weighted by Crippen LogP contribution is -2.42. The molecule has 146 valence electrons. The summed E-state index contributed by atoms with van der Waals surface area (Å²) in [5.74, 6) is 0.250. The van der Waals surface area contributed by atoms with E-state index in [9.17, 15) is 15.2 Å². The van der Waals surface area contributed by atoms with Crippen LogP contribution in [-0.2, 0) is 4.79 Å². The molecule has 0 heterocycles. The number of hydrogen-bond donors (Lipinski definition) is 3. The molecule has 0 saturated carbocycles. The first-order valence-electron chi connectivity index (χ1n) is 8.34. The number of aliphatic hydroxyl groups excluding tert-OH is 1. The summed E-state index contributed by atoms with van der Waals surface area (Å²) in [5, 5.41) is 25.2. The SMILES string of the molecule is CC(C)(C)NCC(O)COc1ccc(NC(=O)C(C)(C)C)cc1C#N.Cl. The maximum absolute atomic E-state index is 12.0. The number of halogens is 1. The smallest absolute Gasteiger partial charge is 0.229 e. The van der Waals surface area contributed by atoms with Gasteiger partial charge in [-0.05, 0) is 39.0 Å². The van der Waals surface area contributed by atoms with E-state index in [-0.39, 0.29) is 30.5 Å². The zero-order chi connectivity index (χ0) is 19.3. The fraction of sp³-hybridized carbons (Fsp3) is 0.579. The number of anilines is 1. The Morgan fingerprint density at radius 3 is 2.38 bits per heavy atom. The van der Waals surface area contributed by atoms with Crippen LogP contribution in [0, 0.1) is 16.7 Å². The Labute approximate surface area is 162 Å². The van der Waals surface area contributed by atoms with E-state index in [0.717, 1.165) is 0 Å². The molecule has 0 bridgehead atoms. The molecule has 0 spiro atoms. The van der Waals surface area contributed by atoms with Gasteiger partial charge in [-0.3, -0.25) is 4.79 Å². The van der Waals surface area contributed by atoms with E-state index in [4.69, 9.17) is 4.74 Å². The Balaban J connectivity index is 0.00000625. The molecule has 0 radical (unpaired) electrons. The molecule has 1 unspecified atom stereocenters. The minimum absolute atomic E-state index is 0. The summed E-state index contributed by atoms with van der Waals surface area (Å²) in [5.41, 5.74) is 0.235. The minimum atomic E-state index is -0.689. The lowest BCUT2D eigenvalue weighted by atomic mass is 9.95. The highest BCUT2D eigenvalue weighted by atomic mass is 35.5. The number of amides is 1. The molecular formula is C19H30ClN3O3. The number of benzene rings is 1. The zero-order valence-electron chi connectivity index (χ0n) is 16.3. The summed E-state index contributed by atoms with van der Waals surface area (Å²) < 4.78 is 5.56. The minimum Gasteiger partial charge on any atom is -0.489 e. The predicted molar refractivity (Wildman–Crippen MR) is 106 cm³/mol. The molecule has 0 aliphatic rings. The second kappa shape index (κ2) is 9.77. The Morgan fingerprint density at radius 2 is 1.88 bits per heavy atom. The van der Waals surface area contributed by atoms with E-state index in [0.29, 0.717) is 23.5 Å². The van der Waals surface area contributed by atoms with Gasteiger partial charge in [0.15, 0.2) is 0 Å². The molecule has 0 aromatic heterocycles. The number of nitrogens with zero attached hydrogens (tertiary/aromatic N) is 1. The van der Waals surface area contributed by atoms with Crippen LogP contribution in [0.15, 0.2) is 18.2 Å². The van der Waals surface area contributed by atoms with Crippen molar-refractivity contribution in [2.45, 2.75) is 53.2 Å². The van der Waals surface area contributed by atoms with Gasteiger partial charge in [-0.25, -0.2) is 0 Å². The molecular weight excluding hydrogens is 354 g/mol. The number of ether oxygens (including phenoxy) is 1. The average Bonchev–Trinajstić information content (AvgIpc) is 2.49. The van der Waals surface area contributed by atoms with Crippen molar-refractivity contribution < 1.29 is 14.6 Å². The average molecular weight is 384 g/mol. The Morgan fingerprint density at radius 1 is 1.27 bits per heavy atom. The molecule has 26 heavy (non-hydrogen) atoms. The van der Waals surface area contributed by atoms with E-state index < -0.39 is 11.5 Å². The summed E-state index contributed by atoms with van der Waals surface area (Å²) >= 11 is 0. The highest BCUT2D eigenvalue weighted by Crippen LogP contribution is 2.24. The maximum Gasteiger partial charge on any atom is 0.229 e. The van der Waals surface area contributed by atoms with Crippen molar-refractivity contribution in [2.75, 3.05) is 18.5 Å². The van der Waals surface area contributed by atoms with Crippen molar-refractivity contribution in [1.82, 2.24) is 5.32 Å². The van der Waals surface area contributed by atoms with Crippen LogP contribution in [0.3, 0.4) is 0 Å². The van der Waals surface area contributed by atoms with Gasteiger partial charge in [-0.2, -0.15) is 5.26 Å². The first kappa shape index (κ1) is 24.2. The van der Waals surface area contributed by atoms with Crippen LogP contribution in [0.4, 0.5) is 5.69 Å². The highest BCUT2D eigenvalue weighted by Gasteiger charge is 2.21. The Bertz CT molecular complexity index is 643. The number of carbonyl (C=O) groups excluding carboxylic acids is 1. The van der Waals surface area contributed by atoms with Crippen molar-refractivity contribution in [3.8, 4) is 11.8 Å². The van der Waals surface area contributed by atoms with Crippen LogP contribution >= 0.6 is 12.4 Å². The molecule has 1 amide bonds. The Kier molecular flexibility index (Phi) is 9.09. The van der Waals surface area contributed by atoms with Gasteiger partial charge in [0.25, 0.3) is 0 Å². The third kappa shape index (κ3) is 8.52. The van der Waals surface area contributed by atoms with Crippen molar-refractivity contribution in [3.63, 3.8) is 0 Å². The largest absolute Gasteiger partial charge is 0.489 e. The van der Waals surface area contributed by atoms with Gasteiger partial charge in [-0.15, -0.1) is 12.4 Å². The number of nitriles is 1. The molecule has 1 aromatic rings. The first-order chi connectivity index (χ1) is 11.4. The van der Waals surface area contributed by atoms with E-state index >= 15 is 0 Å². The third-order valence-corrected chi connectivity index (χ3v) is 3.34. The fourth-order valence-corrected chi connectivity index (χ4v) is 1.81. The van der Waals surface area contributed by atoms with E-state index in [1.54, 1.807) is 18.2 Å². The fourth-order valence-electron chi connectivity index (χ4n) is 1.81. The summed E-state index contributed by atoms with van der Waals surface area (Å²) in [4.78, 5) is 12.0. The van der Waals surface area contributed by atoms with Crippen LogP contribution < -0.4 is 15.4 Å². The molecule has 1 aromatic carbocycles. The predicted octanol–water partition coefficient (Wildman–Crippen LogP) is 3.09. The lowest BCUT2D eigenvalue weighted by molar-refractivity contribution is -0.123. The number of carbonyl (C=O) groups is 1. The Hall–Kier alpha value is -1.81. The van der Waals surface area contributed by atoms with Crippen LogP contribution in [0.1, 0.15) is 47.1 Å². The van der Waals surface area contributed by atoms with Gasteiger partial charge in [0.1, 0.15) is 24.5 Å². The molecule has 0 aliphatic carbocycles. The molecule has 1 rings (SSSR count). The highest BCUT2D eigenvalue weighted by molar-refractivity contribution is 5.94. The van der Waals surface area contributed by atoms with Gasteiger partial charge in [0.05, 0.1) is 5.56 Å². The summed E-state index contributed by atoms with van der Waals surface area (Å²) in [6.45, 7) is 12.0. The van der Waals surface area contributed by atoms with Crippen LogP contribution in [-0.4, -0.2) is 35.8 Å². The van der Waals surface area contributed by atoms with Gasteiger partial charge in [-0.1, -0.05) is 20.8 Å². The molecule has 7 heteroatoms. The van der Waals surface area contributed by atoms with Gasteiger partial charge >= 0.3 is 0 Å². The monoisotopic (exact) mass is 383 g/mol. The second-order valence-corrected chi connectivity index (χ2v) is 8.12. The van der Waals surface area contributed by atoms with Crippen molar-refractivity contribution >= 4 is 24.0 Å². The van der Waals surface area contributed by atoms with Gasteiger partial charge < -0.3 is 20.5 Å². The summed E-state index contributed by atoms with van der Waals surface area (Å²) in [6, 6.07) is 6.93. The number of nitrogens with one attached hydrogen (secondary N) is 2. The van der Waals surface area contributed by atoms with Crippen molar-refractivity contribution in [2.24, 2.45) is 5.41 Å². The molecule has 3 N–H and O–H groups in total. The summed E-state index contributed by atoms with van der Waals surface area (Å²) in [7, 11) is 0. The third-order valence-electron chi connectivity index (χ3n) is 3.34. The molecule has 0 fully saturated rings. The van der Waals surface area contributed by atoms with Crippen molar-refractivity contribution in [3.05, 3.63) is 23.8 Å². The van der Waals surface area contributed by atoms with Gasteiger partial charge in [0.2, 0.25) is 5.91 Å². The van der Waals surface area contributed by atoms with E-state index in [1.807, 2.05) is 41.5 Å². The molecule has 0 saturated heterocycles. The van der Waals surface area contributed by atoms with E-state index in [1.165, 1.54) is 0 Å². The molecule has 0 aliphatic heterocycles. The van der Waals surface area contributed by atoms with Gasteiger partial charge in [0, 0.05) is 23.2 Å².